The van der Waals surface area contributed by atoms with Gasteiger partial charge in [-0.25, -0.2) is 0 Å². The summed E-state index contributed by atoms with van der Waals surface area (Å²) in [5.41, 5.74) is 3.19. The van der Waals surface area contributed by atoms with Crippen molar-refractivity contribution in [2.45, 2.75) is 101 Å². The minimum absolute atomic E-state index is 0.148. The van der Waals surface area contributed by atoms with Gasteiger partial charge in [0.05, 0.1) is 31.0 Å². The lowest BCUT2D eigenvalue weighted by Crippen LogP contribution is -2.46. The van der Waals surface area contributed by atoms with Gasteiger partial charge in [0.25, 0.3) is 0 Å². The van der Waals surface area contributed by atoms with Gasteiger partial charge in [-0.2, -0.15) is 0 Å². The van der Waals surface area contributed by atoms with E-state index in [4.69, 9.17) is 23.7 Å². The fourth-order valence-electron chi connectivity index (χ4n) is 8.17. The number of hydrogen-bond donors (Lipinski definition) is 3. The van der Waals surface area contributed by atoms with Gasteiger partial charge in [-0.05, 0) is 112 Å². The molecule has 5 atom stereocenters. The molecular formula is C39H48O8. The van der Waals surface area contributed by atoms with Crippen LogP contribution in [0.25, 0.3) is 0 Å². The number of aromatic hydroxyl groups is 1. The van der Waals surface area contributed by atoms with Crippen molar-refractivity contribution in [1.82, 2.24) is 0 Å². The third kappa shape index (κ3) is 7.06. The molecule has 3 aromatic carbocycles. The van der Waals surface area contributed by atoms with Gasteiger partial charge in [-0.3, -0.25) is 0 Å². The summed E-state index contributed by atoms with van der Waals surface area (Å²) in [4.78, 5) is 0. The zero-order chi connectivity index (χ0) is 32.3. The van der Waals surface area contributed by atoms with E-state index in [0.717, 1.165) is 61.8 Å². The molecule has 0 spiro atoms. The Hall–Kier alpha value is -3.46. The summed E-state index contributed by atoms with van der Waals surface area (Å²) in [6, 6.07) is 16.9. The van der Waals surface area contributed by atoms with Gasteiger partial charge in [0.1, 0.15) is 34.9 Å². The largest absolute Gasteiger partial charge is 0.508 e. The van der Waals surface area contributed by atoms with Crippen molar-refractivity contribution in [3.05, 3.63) is 76.9 Å². The Labute approximate surface area is 277 Å². The van der Waals surface area contributed by atoms with Crippen LogP contribution in [0.15, 0.2) is 54.6 Å². The third-order valence-electron chi connectivity index (χ3n) is 10.5. The van der Waals surface area contributed by atoms with Crippen molar-refractivity contribution in [3.63, 3.8) is 0 Å². The maximum Gasteiger partial charge on any atom is 0.128 e. The fraction of sp³-hybridized carbons (Fsp3) is 0.538. The zero-order valence-corrected chi connectivity index (χ0v) is 27.3. The molecule has 2 aliphatic carbocycles. The van der Waals surface area contributed by atoms with Gasteiger partial charge in [-0.1, -0.05) is 12.1 Å². The number of rotatable bonds is 11. The lowest BCUT2D eigenvalue weighted by molar-refractivity contribution is -0.0890. The van der Waals surface area contributed by atoms with Crippen LogP contribution in [0.1, 0.15) is 98.7 Å². The van der Waals surface area contributed by atoms with Gasteiger partial charge in [0.15, 0.2) is 0 Å². The SMILES string of the molecule is COCCC[C@H]1Oc2ccc(OC3CCCC3)cc2[C@H](O)[C@@H]1[C@H]1COc2c(Cc3cccc(O)c3)cc(OC3CCCC3)cc2[C@H]1O. The number of phenolic OH excluding ortho intramolecular Hbond substituents is 1. The Morgan fingerprint density at radius 2 is 1.53 bits per heavy atom. The van der Waals surface area contributed by atoms with Gasteiger partial charge < -0.3 is 39.0 Å². The number of aliphatic hydroxyl groups is 2. The number of phenols is 1. The van der Waals surface area contributed by atoms with Crippen LogP contribution < -0.4 is 18.9 Å². The number of aliphatic hydroxyl groups excluding tert-OH is 2. The molecule has 7 rings (SSSR count). The molecule has 0 amide bonds. The molecule has 2 heterocycles. The van der Waals surface area contributed by atoms with Crippen molar-refractivity contribution >= 4 is 0 Å². The molecule has 4 aliphatic rings. The molecule has 0 aromatic heterocycles. The summed E-state index contributed by atoms with van der Waals surface area (Å²) >= 11 is 0. The van der Waals surface area contributed by atoms with Gasteiger partial charge in [0, 0.05) is 48.7 Å². The lowest BCUT2D eigenvalue weighted by Gasteiger charge is -2.45. The number of fused-ring (bicyclic) bond motifs is 2. The molecule has 8 nitrogen and oxygen atoms in total. The molecule has 0 bridgehead atoms. The molecule has 2 fully saturated rings. The fourth-order valence-corrected chi connectivity index (χ4v) is 8.17. The molecule has 2 saturated carbocycles. The molecule has 252 valence electrons. The van der Waals surface area contributed by atoms with E-state index in [1.54, 1.807) is 19.2 Å². The first-order chi connectivity index (χ1) is 23.0. The average Bonchev–Trinajstić information content (AvgIpc) is 3.78. The highest BCUT2D eigenvalue weighted by atomic mass is 16.5. The standard InChI is InChI=1S/C39H48O8/c1-43-17-7-14-35-36(38(42)31-21-29(15-16-34(31)47-35)45-27-10-2-3-11-27)33-23-44-39-25(18-24-8-6-9-26(40)19-24)20-30(22-32(39)37(33)41)46-28-12-4-5-13-28/h6,8-9,15-16,19-22,27-28,33,35-38,40-42H,2-5,7,10-14,17-18,23H2,1H3/t33-,35-,36-,37-,38+/m1/s1. The molecule has 3 N–H and O–H groups in total. The van der Waals surface area contributed by atoms with Crippen LogP contribution in [0.3, 0.4) is 0 Å². The van der Waals surface area contributed by atoms with Crippen LogP contribution in [0.4, 0.5) is 0 Å². The zero-order valence-electron chi connectivity index (χ0n) is 27.3. The highest BCUT2D eigenvalue weighted by Gasteiger charge is 2.47. The predicted octanol–water partition coefficient (Wildman–Crippen LogP) is 7.21. The van der Waals surface area contributed by atoms with E-state index in [2.05, 4.69) is 0 Å². The quantitative estimate of drug-likeness (QED) is 0.188. The first kappa shape index (κ1) is 32.1. The average molecular weight is 645 g/mol. The van der Waals surface area contributed by atoms with Crippen LogP contribution in [-0.4, -0.2) is 54.0 Å². The molecule has 0 unspecified atom stereocenters. The number of methoxy groups -OCH3 is 1. The molecule has 8 heteroatoms. The van der Waals surface area contributed by atoms with Crippen LogP contribution in [0.2, 0.25) is 0 Å². The second-order valence-electron chi connectivity index (χ2n) is 13.8. The summed E-state index contributed by atoms with van der Waals surface area (Å²) in [5, 5.41) is 34.4. The number of ether oxygens (including phenoxy) is 5. The first-order valence-corrected chi connectivity index (χ1v) is 17.5. The second kappa shape index (κ2) is 14.3. The Kier molecular flexibility index (Phi) is 9.80. The van der Waals surface area contributed by atoms with Crippen molar-refractivity contribution in [3.8, 4) is 28.7 Å². The topological polar surface area (TPSA) is 107 Å². The van der Waals surface area contributed by atoms with Crippen LogP contribution >= 0.6 is 0 Å². The summed E-state index contributed by atoms with van der Waals surface area (Å²) in [6.07, 6.45) is 8.93. The minimum atomic E-state index is -0.915. The highest BCUT2D eigenvalue weighted by molar-refractivity contribution is 5.52. The molecular weight excluding hydrogens is 596 g/mol. The van der Waals surface area contributed by atoms with Gasteiger partial charge in [-0.15, -0.1) is 0 Å². The Morgan fingerprint density at radius 3 is 2.26 bits per heavy atom. The first-order valence-electron chi connectivity index (χ1n) is 17.5. The Bertz CT molecular complexity index is 1510. The van der Waals surface area contributed by atoms with E-state index in [1.165, 1.54) is 12.8 Å². The van der Waals surface area contributed by atoms with E-state index in [0.29, 0.717) is 47.8 Å². The predicted molar refractivity (Wildman–Crippen MR) is 177 cm³/mol. The van der Waals surface area contributed by atoms with Crippen LogP contribution in [-0.2, 0) is 11.2 Å². The van der Waals surface area contributed by atoms with Crippen LogP contribution in [0.5, 0.6) is 28.7 Å². The monoisotopic (exact) mass is 644 g/mol. The lowest BCUT2D eigenvalue weighted by atomic mass is 9.72. The molecule has 3 aromatic rings. The van der Waals surface area contributed by atoms with E-state index >= 15 is 0 Å². The molecule has 0 saturated heterocycles. The molecule has 47 heavy (non-hydrogen) atoms. The highest BCUT2D eigenvalue weighted by Crippen LogP contribution is 2.51. The maximum atomic E-state index is 12.2. The Balaban J connectivity index is 1.21. The summed E-state index contributed by atoms with van der Waals surface area (Å²) in [6.45, 7) is 0.806. The van der Waals surface area contributed by atoms with Gasteiger partial charge in [0.2, 0.25) is 0 Å². The number of hydrogen-bond acceptors (Lipinski definition) is 8. The summed E-state index contributed by atoms with van der Waals surface area (Å²) in [7, 11) is 1.69. The van der Waals surface area contributed by atoms with Gasteiger partial charge >= 0.3 is 0 Å². The van der Waals surface area contributed by atoms with E-state index in [1.807, 2.05) is 42.5 Å². The summed E-state index contributed by atoms with van der Waals surface area (Å²) in [5.74, 6) is 2.09. The Morgan fingerprint density at radius 1 is 0.809 bits per heavy atom. The second-order valence-corrected chi connectivity index (χ2v) is 13.8. The minimum Gasteiger partial charge on any atom is -0.508 e. The molecule has 0 radical (unpaired) electrons. The number of benzene rings is 3. The van der Waals surface area contributed by atoms with E-state index in [-0.39, 0.29) is 30.7 Å². The van der Waals surface area contributed by atoms with E-state index in [9.17, 15) is 15.3 Å². The maximum absolute atomic E-state index is 12.2. The van der Waals surface area contributed by atoms with Crippen LogP contribution in [0, 0.1) is 11.8 Å². The van der Waals surface area contributed by atoms with E-state index < -0.39 is 24.0 Å². The van der Waals surface area contributed by atoms with Crippen molar-refractivity contribution in [2.75, 3.05) is 20.3 Å². The normalized spacial score (nSPS) is 25.9. The smallest absolute Gasteiger partial charge is 0.128 e. The van der Waals surface area contributed by atoms with Crippen molar-refractivity contribution in [2.24, 2.45) is 11.8 Å². The van der Waals surface area contributed by atoms with Crippen molar-refractivity contribution in [1.29, 1.82) is 0 Å². The molecule has 2 aliphatic heterocycles. The van der Waals surface area contributed by atoms with Crippen molar-refractivity contribution < 1.29 is 39.0 Å². The third-order valence-corrected chi connectivity index (χ3v) is 10.5. The summed E-state index contributed by atoms with van der Waals surface area (Å²) < 4.78 is 31.3.